The molecule has 8 atom stereocenters. The molecule has 0 aromatic heterocycles. The van der Waals surface area contributed by atoms with Crippen LogP contribution < -0.4 is 0 Å². The highest BCUT2D eigenvalue weighted by molar-refractivity contribution is 5.71. The average Bonchev–Trinajstić information content (AvgIpc) is 3.27. The molecule has 3 aliphatic heterocycles. The molecule has 0 N–H and O–H groups in total. The molecule has 0 aromatic carbocycles. The number of fused-ring (bicyclic) bond motifs is 5. The predicted molar refractivity (Wildman–Crippen MR) is 95.9 cm³/mol. The van der Waals surface area contributed by atoms with E-state index in [4.69, 9.17) is 4.74 Å². The van der Waals surface area contributed by atoms with Crippen molar-refractivity contribution in [3.63, 3.8) is 0 Å². The molecule has 0 bridgehead atoms. The molecule has 1 spiro atoms. The Balaban J connectivity index is 1.54. The van der Waals surface area contributed by atoms with Crippen LogP contribution in [0.1, 0.15) is 65.2 Å². The number of rotatable bonds is 0. The van der Waals surface area contributed by atoms with Crippen LogP contribution in [-0.4, -0.2) is 35.1 Å². The van der Waals surface area contributed by atoms with Gasteiger partial charge in [0, 0.05) is 36.4 Å². The van der Waals surface area contributed by atoms with E-state index in [1.165, 1.54) is 45.1 Å². The zero-order valence-corrected chi connectivity index (χ0v) is 15.7. The zero-order chi connectivity index (χ0) is 17.0. The lowest BCUT2D eigenvalue weighted by Crippen LogP contribution is -2.73. The Labute approximate surface area is 151 Å². The van der Waals surface area contributed by atoms with E-state index in [9.17, 15) is 4.79 Å². The van der Waals surface area contributed by atoms with E-state index >= 15 is 0 Å². The van der Waals surface area contributed by atoms with Crippen LogP contribution in [-0.2, 0) is 9.53 Å². The van der Waals surface area contributed by atoms with Gasteiger partial charge in [0.15, 0.2) is 0 Å². The molecule has 0 aromatic rings. The lowest BCUT2D eigenvalue weighted by atomic mass is 9.52. The first kappa shape index (κ1) is 15.2. The maximum Gasteiger partial charge on any atom is 0.306 e. The number of esters is 1. The number of hydrogen-bond donors (Lipinski definition) is 0. The molecule has 3 heteroatoms. The Bertz CT molecular complexity index is 671. The van der Waals surface area contributed by atoms with Crippen molar-refractivity contribution in [3.8, 4) is 0 Å². The number of allylic oxidation sites excluding steroid dienone is 1. The van der Waals surface area contributed by atoms with E-state index in [0.717, 1.165) is 24.2 Å². The fourth-order valence-corrected chi connectivity index (χ4v) is 8.62. The monoisotopic (exact) mass is 341 g/mol. The van der Waals surface area contributed by atoms with Crippen molar-refractivity contribution in [1.82, 2.24) is 4.90 Å². The van der Waals surface area contributed by atoms with Gasteiger partial charge in [-0.15, -0.1) is 0 Å². The van der Waals surface area contributed by atoms with Crippen molar-refractivity contribution in [2.75, 3.05) is 6.54 Å². The van der Waals surface area contributed by atoms with E-state index < -0.39 is 0 Å². The van der Waals surface area contributed by atoms with Gasteiger partial charge in [-0.25, -0.2) is 0 Å². The summed E-state index contributed by atoms with van der Waals surface area (Å²) in [5.41, 5.74) is 1.72. The van der Waals surface area contributed by atoms with Gasteiger partial charge in [0.25, 0.3) is 0 Å². The van der Waals surface area contributed by atoms with Crippen molar-refractivity contribution in [2.24, 2.45) is 29.1 Å². The third-order valence-corrected chi connectivity index (χ3v) is 9.55. The summed E-state index contributed by atoms with van der Waals surface area (Å²) in [7, 11) is 0. The van der Waals surface area contributed by atoms with E-state index in [1.807, 2.05) is 0 Å². The van der Waals surface area contributed by atoms with E-state index in [2.05, 4.69) is 24.8 Å². The SMILES string of the molecule is C[C@H]1CN2[C@@H]3C4=CCC[C@H]4CC[C@H]3[C@]3(C)OC(=O)CC[C@@]34CC[C@@H]1[C@@H]24. The van der Waals surface area contributed by atoms with Crippen molar-refractivity contribution < 1.29 is 9.53 Å². The van der Waals surface area contributed by atoms with Crippen molar-refractivity contribution in [2.45, 2.75) is 82.9 Å². The van der Waals surface area contributed by atoms with Gasteiger partial charge in [-0.2, -0.15) is 0 Å². The smallest absolute Gasteiger partial charge is 0.306 e. The van der Waals surface area contributed by atoms with Gasteiger partial charge >= 0.3 is 5.97 Å². The van der Waals surface area contributed by atoms with Crippen molar-refractivity contribution >= 4 is 5.97 Å². The van der Waals surface area contributed by atoms with Crippen LogP contribution in [0.5, 0.6) is 0 Å². The minimum Gasteiger partial charge on any atom is -0.458 e. The van der Waals surface area contributed by atoms with Crippen LogP contribution in [0.4, 0.5) is 0 Å². The molecule has 3 saturated heterocycles. The first-order chi connectivity index (χ1) is 12.1. The standard InChI is InChI=1S/C22H31NO2/c1-13-12-23-19-16-5-3-4-14(16)6-7-17(19)21(2)22(11-9-18(24)25-21)10-8-15(13)20(22)23/h5,13-15,17,19-20H,3-4,6-12H2,1-2H3/t13-,14-,15-,17+,19+,20+,21-,22+/m0/s1. The summed E-state index contributed by atoms with van der Waals surface area (Å²) in [6, 6.07) is 1.21. The summed E-state index contributed by atoms with van der Waals surface area (Å²) in [6.07, 6.45) is 12.1. The third-order valence-electron chi connectivity index (χ3n) is 9.55. The third kappa shape index (κ3) is 1.62. The van der Waals surface area contributed by atoms with Crippen molar-refractivity contribution in [1.29, 1.82) is 0 Å². The Hall–Kier alpha value is -0.830. The Morgan fingerprint density at radius 3 is 2.96 bits per heavy atom. The number of nitrogens with zero attached hydrogens (tertiary/aromatic N) is 1. The molecular weight excluding hydrogens is 310 g/mol. The molecule has 25 heavy (non-hydrogen) atoms. The molecule has 3 heterocycles. The first-order valence-electron chi connectivity index (χ1n) is 10.7. The summed E-state index contributed by atoms with van der Waals surface area (Å²) in [5.74, 6) is 3.01. The molecule has 3 aliphatic carbocycles. The number of carbonyl (C=O) groups excluding carboxylic acids is 1. The minimum atomic E-state index is -0.235. The summed E-state index contributed by atoms with van der Waals surface area (Å²) in [4.78, 5) is 15.3. The summed E-state index contributed by atoms with van der Waals surface area (Å²) in [6.45, 7) is 6.10. The molecule has 0 radical (unpaired) electrons. The molecule has 3 nitrogen and oxygen atoms in total. The molecule has 5 fully saturated rings. The lowest BCUT2D eigenvalue weighted by Gasteiger charge is -2.65. The van der Waals surface area contributed by atoms with Gasteiger partial charge in [0.1, 0.15) is 5.60 Å². The number of piperidine rings is 1. The fourth-order valence-electron chi connectivity index (χ4n) is 8.62. The largest absolute Gasteiger partial charge is 0.458 e. The van der Waals surface area contributed by atoms with Gasteiger partial charge in [0.05, 0.1) is 0 Å². The molecule has 6 rings (SSSR count). The molecule has 0 amide bonds. The molecule has 6 aliphatic rings. The predicted octanol–water partition coefficient (Wildman–Crippen LogP) is 3.93. The van der Waals surface area contributed by atoms with Gasteiger partial charge in [-0.05, 0) is 69.6 Å². The number of carbonyl (C=O) groups is 1. The van der Waals surface area contributed by atoms with Crippen LogP contribution in [0.2, 0.25) is 0 Å². The van der Waals surface area contributed by atoms with Crippen molar-refractivity contribution in [3.05, 3.63) is 11.6 Å². The van der Waals surface area contributed by atoms with Crippen LogP contribution in [0.25, 0.3) is 0 Å². The lowest BCUT2D eigenvalue weighted by molar-refractivity contribution is -0.242. The van der Waals surface area contributed by atoms with Crippen LogP contribution in [0.3, 0.4) is 0 Å². The minimum absolute atomic E-state index is 0.0670. The van der Waals surface area contributed by atoms with Crippen LogP contribution >= 0.6 is 0 Å². The highest BCUT2D eigenvalue weighted by Crippen LogP contribution is 2.69. The van der Waals surface area contributed by atoms with Gasteiger partial charge in [0.2, 0.25) is 0 Å². The van der Waals surface area contributed by atoms with Crippen LogP contribution in [0.15, 0.2) is 11.6 Å². The fraction of sp³-hybridized carbons (Fsp3) is 0.864. The van der Waals surface area contributed by atoms with Gasteiger partial charge in [-0.3, -0.25) is 9.69 Å². The topological polar surface area (TPSA) is 29.5 Å². The van der Waals surface area contributed by atoms with E-state index in [1.54, 1.807) is 5.57 Å². The zero-order valence-electron chi connectivity index (χ0n) is 15.7. The summed E-state index contributed by atoms with van der Waals surface area (Å²) < 4.78 is 6.37. The Morgan fingerprint density at radius 1 is 1.20 bits per heavy atom. The Kier molecular flexibility index (Phi) is 2.87. The maximum atomic E-state index is 12.4. The second-order valence-corrected chi connectivity index (χ2v) is 10.2. The number of ether oxygens (including phenoxy) is 1. The second kappa shape index (κ2) is 4.71. The normalized spacial score (nSPS) is 56.6. The first-order valence-corrected chi connectivity index (χ1v) is 10.7. The maximum absolute atomic E-state index is 12.4. The molecular formula is C22H31NO2. The molecule has 136 valence electrons. The summed E-state index contributed by atoms with van der Waals surface area (Å²) in [5, 5.41) is 0. The van der Waals surface area contributed by atoms with Crippen LogP contribution in [0, 0.1) is 29.1 Å². The van der Waals surface area contributed by atoms with E-state index in [0.29, 0.717) is 24.4 Å². The highest BCUT2D eigenvalue weighted by Gasteiger charge is 2.73. The molecule has 2 saturated carbocycles. The highest BCUT2D eigenvalue weighted by atomic mass is 16.6. The molecule has 0 unspecified atom stereocenters. The van der Waals surface area contributed by atoms with E-state index in [-0.39, 0.29) is 17.0 Å². The summed E-state index contributed by atoms with van der Waals surface area (Å²) >= 11 is 0. The number of hydrogen-bond acceptors (Lipinski definition) is 3. The second-order valence-electron chi connectivity index (χ2n) is 10.2. The van der Waals surface area contributed by atoms with Gasteiger partial charge < -0.3 is 4.74 Å². The average molecular weight is 341 g/mol. The quantitative estimate of drug-likeness (QED) is 0.494. The Morgan fingerprint density at radius 2 is 2.08 bits per heavy atom. The van der Waals surface area contributed by atoms with Gasteiger partial charge in [-0.1, -0.05) is 18.6 Å².